The molecule has 1 heterocycles. The van der Waals surface area contributed by atoms with Crippen LogP contribution in [-0.4, -0.2) is 5.11 Å². The summed E-state index contributed by atoms with van der Waals surface area (Å²) in [5, 5.41) is 10.1. The molecule has 0 amide bonds. The molecule has 3 rings (SSSR count). The van der Waals surface area contributed by atoms with E-state index in [4.69, 9.17) is 4.74 Å². The highest BCUT2D eigenvalue weighted by Crippen LogP contribution is 2.41. The van der Waals surface area contributed by atoms with E-state index < -0.39 is 18.0 Å². The molecule has 104 valence electrons. The van der Waals surface area contributed by atoms with Crippen molar-refractivity contribution >= 4 is 15.9 Å². The van der Waals surface area contributed by atoms with Crippen LogP contribution in [0.2, 0.25) is 0 Å². The third kappa shape index (κ3) is 2.43. The van der Waals surface area contributed by atoms with Gasteiger partial charge in [-0.15, -0.1) is 0 Å². The molecule has 1 unspecified atom stereocenters. The molecule has 2 aromatic rings. The largest absolute Gasteiger partial charge is 0.485 e. The summed E-state index contributed by atoms with van der Waals surface area (Å²) in [7, 11) is 0. The molecular weight excluding hydrogens is 330 g/mol. The van der Waals surface area contributed by atoms with Crippen LogP contribution in [0.4, 0.5) is 8.78 Å². The second-order valence-corrected chi connectivity index (χ2v) is 5.57. The van der Waals surface area contributed by atoms with E-state index in [0.29, 0.717) is 22.2 Å². The van der Waals surface area contributed by atoms with E-state index in [0.717, 1.165) is 5.56 Å². The van der Waals surface area contributed by atoms with E-state index in [1.54, 1.807) is 12.1 Å². The highest BCUT2D eigenvalue weighted by molar-refractivity contribution is 9.10. The maximum Gasteiger partial charge on any atom is 0.137 e. The number of hydrogen-bond acceptors (Lipinski definition) is 2. The summed E-state index contributed by atoms with van der Waals surface area (Å²) in [6.45, 7) is 0. The van der Waals surface area contributed by atoms with E-state index in [9.17, 15) is 13.9 Å². The zero-order chi connectivity index (χ0) is 14.3. The Morgan fingerprint density at radius 2 is 1.95 bits per heavy atom. The zero-order valence-electron chi connectivity index (χ0n) is 10.3. The van der Waals surface area contributed by atoms with Crippen LogP contribution in [0.25, 0.3) is 0 Å². The molecule has 2 atom stereocenters. The second-order valence-electron chi connectivity index (χ2n) is 4.71. The number of rotatable bonds is 1. The van der Waals surface area contributed by atoms with Gasteiger partial charge in [-0.05, 0) is 45.8 Å². The smallest absolute Gasteiger partial charge is 0.137 e. The van der Waals surface area contributed by atoms with E-state index in [1.165, 1.54) is 24.3 Å². The van der Waals surface area contributed by atoms with Crippen molar-refractivity contribution in [2.75, 3.05) is 0 Å². The summed E-state index contributed by atoms with van der Waals surface area (Å²) >= 11 is 3.12. The average molecular weight is 341 g/mol. The highest BCUT2D eigenvalue weighted by atomic mass is 79.9. The Morgan fingerprint density at radius 3 is 2.70 bits per heavy atom. The minimum Gasteiger partial charge on any atom is -0.485 e. The van der Waals surface area contributed by atoms with Crippen LogP contribution in [0, 0.1) is 11.6 Å². The molecule has 1 aliphatic rings. The van der Waals surface area contributed by atoms with Crippen molar-refractivity contribution in [1.82, 2.24) is 0 Å². The molecule has 0 aliphatic carbocycles. The van der Waals surface area contributed by atoms with Gasteiger partial charge in [-0.3, -0.25) is 0 Å². The predicted octanol–water partition coefficient (Wildman–Crippen LogP) is 4.28. The van der Waals surface area contributed by atoms with Gasteiger partial charge < -0.3 is 9.84 Å². The van der Waals surface area contributed by atoms with Crippen molar-refractivity contribution in [2.45, 2.75) is 18.6 Å². The third-order valence-corrected chi connectivity index (χ3v) is 3.96. The Morgan fingerprint density at radius 1 is 1.15 bits per heavy atom. The summed E-state index contributed by atoms with van der Waals surface area (Å²) in [6.07, 6.45) is -0.819. The van der Waals surface area contributed by atoms with Crippen LogP contribution < -0.4 is 4.74 Å². The first-order valence-corrected chi connectivity index (χ1v) is 6.93. The van der Waals surface area contributed by atoms with Crippen molar-refractivity contribution in [3.05, 3.63) is 63.6 Å². The van der Waals surface area contributed by atoms with Crippen LogP contribution in [0.5, 0.6) is 5.75 Å². The Hall–Kier alpha value is -1.46. The summed E-state index contributed by atoms with van der Waals surface area (Å²) in [5.41, 5.74) is 1.30. The summed E-state index contributed by atoms with van der Waals surface area (Å²) in [5.74, 6) is -0.456. The van der Waals surface area contributed by atoms with Crippen LogP contribution in [0.3, 0.4) is 0 Å². The number of aliphatic hydroxyl groups excluding tert-OH is 1. The first kappa shape index (κ1) is 13.5. The lowest BCUT2D eigenvalue weighted by molar-refractivity contribution is 0.0653. The van der Waals surface area contributed by atoms with E-state index in [-0.39, 0.29) is 5.82 Å². The predicted molar refractivity (Wildman–Crippen MR) is 73.4 cm³/mol. The molecule has 0 fully saturated rings. The standard InChI is InChI=1S/C15H11BrF2O2/c16-11-5-8(1-4-12(11)18)14-7-13(19)10-3-2-9(17)6-15(10)20-14/h1-6,13-14,19H,7H2/t13-,14?/m0/s1. The Labute approximate surface area is 123 Å². The Kier molecular flexibility index (Phi) is 3.48. The quantitative estimate of drug-likeness (QED) is 0.839. The second kappa shape index (κ2) is 5.14. The van der Waals surface area contributed by atoms with Gasteiger partial charge in [-0.1, -0.05) is 6.07 Å². The monoisotopic (exact) mass is 340 g/mol. The van der Waals surface area contributed by atoms with Gasteiger partial charge in [-0.25, -0.2) is 8.78 Å². The topological polar surface area (TPSA) is 29.5 Å². The van der Waals surface area contributed by atoms with Crippen molar-refractivity contribution in [3.8, 4) is 5.75 Å². The first-order chi connectivity index (χ1) is 9.54. The number of hydrogen-bond donors (Lipinski definition) is 1. The number of aliphatic hydroxyl groups is 1. The van der Waals surface area contributed by atoms with Crippen molar-refractivity contribution in [3.63, 3.8) is 0 Å². The summed E-state index contributed by atoms with van der Waals surface area (Å²) < 4.78 is 32.5. The molecule has 1 N–H and O–H groups in total. The van der Waals surface area contributed by atoms with Gasteiger partial charge in [0.05, 0.1) is 10.6 Å². The van der Waals surface area contributed by atoms with E-state index >= 15 is 0 Å². The maximum atomic E-state index is 13.2. The molecule has 2 nitrogen and oxygen atoms in total. The van der Waals surface area contributed by atoms with Gasteiger partial charge in [0.15, 0.2) is 0 Å². The van der Waals surface area contributed by atoms with Crippen LogP contribution in [0.15, 0.2) is 40.9 Å². The van der Waals surface area contributed by atoms with Gasteiger partial charge >= 0.3 is 0 Å². The molecule has 5 heteroatoms. The fourth-order valence-corrected chi connectivity index (χ4v) is 2.73. The lowest BCUT2D eigenvalue weighted by Crippen LogP contribution is -2.19. The summed E-state index contributed by atoms with van der Waals surface area (Å²) in [6, 6.07) is 8.60. The van der Waals surface area contributed by atoms with E-state index in [1.807, 2.05) is 0 Å². The van der Waals surface area contributed by atoms with Gasteiger partial charge in [-0.2, -0.15) is 0 Å². The van der Waals surface area contributed by atoms with Gasteiger partial charge in [0.2, 0.25) is 0 Å². The molecule has 0 radical (unpaired) electrons. The Balaban J connectivity index is 1.96. The van der Waals surface area contributed by atoms with Gasteiger partial charge in [0.25, 0.3) is 0 Å². The minimum absolute atomic E-state index is 0.328. The lowest BCUT2D eigenvalue weighted by atomic mass is 9.95. The molecule has 0 bridgehead atoms. The van der Waals surface area contributed by atoms with Crippen LogP contribution in [-0.2, 0) is 0 Å². The SMILES string of the molecule is O[C@H]1CC(c2ccc(F)c(Br)c2)Oc2cc(F)ccc21. The highest BCUT2D eigenvalue weighted by Gasteiger charge is 2.28. The first-order valence-electron chi connectivity index (χ1n) is 6.13. The minimum atomic E-state index is -0.729. The molecule has 20 heavy (non-hydrogen) atoms. The Bertz CT molecular complexity index is 660. The molecule has 0 saturated heterocycles. The van der Waals surface area contributed by atoms with Crippen molar-refractivity contribution < 1.29 is 18.6 Å². The molecule has 1 aliphatic heterocycles. The number of benzene rings is 2. The van der Waals surface area contributed by atoms with Crippen molar-refractivity contribution in [2.24, 2.45) is 0 Å². The van der Waals surface area contributed by atoms with E-state index in [2.05, 4.69) is 15.9 Å². The van der Waals surface area contributed by atoms with Crippen LogP contribution in [0.1, 0.15) is 29.8 Å². The number of halogens is 3. The van der Waals surface area contributed by atoms with Crippen molar-refractivity contribution in [1.29, 1.82) is 0 Å². The van der Waals surface area contributed by atoms with Gasteiger partial charge in [0.1, 0.15) is 23.5 Å². The zero-order valence-corrected chi connectivity index (χ0v) is 11.9. The average Bonchev–Trinajstić information content (AvgIpc) is 2.41. The molecular formula is C15H11BrF2O2. The fourth-order valence-electron chi connectivity index (χ4n) is 2.33. The normalized spacial score (nSPS) is 21.2. The molecule has 0 saturated carbocycles. The molecule has 0 spiro atoms. The van der Waals surface area contributed by atoms with Gasteiger partial charge in [0, 0.05) is 18.1 Å². The number of ether oxygens (including phenoxy) is 1. The third-order valence-electron chi connectivity index (χ3n) is 3.36. The molecule has 2 aromatic carbocycles. The summed E-state index contributed by atoms with van der Waals surface area (Å²) in [4.78, 5) is 0. The molecule has 0 aromatic heterocycles. The fraction of sp³-hybridized carbons (Fsp3) is 0.200. The van der Waals surface area contributed by atoms with Crippen LogP contribution >= 0.6 is 15.9 Å². The number of fused-ring (bicyclic) bond motifs is 1. The maximum absolute atomic E-state index is 13.2. The lowest BCUT2D eigenvalue weighted by Gasteiger charge is -2.30.